The summed E-state index contributed by atoms with van der Waals surface area (Å²) in [6.45, 7) is 2.35. The fourth-order valence-corrected chi connectivity index (χ4v) is 2.43. The van der Waals surface area contributed by atoms with E-state index in [0.717, 1.165) is 12.6 Å². The molecule has 1 aromatic rings. The molecule has 1 amide bonds. The molecule has 0 aliphatic carbocycles. The monoisotopic (exact) mass is 344 g/mol. The number of benzene rings is 1. The zero-order valence-electron chi connectivity index (χ0n) is 13.4. The summed E-state index contributed by atoms with van der Waals surface area (Å²) in [6, 6.07) is 3.86. The van der Waals surface area contributed by atoms with Gasteiger partial charge in [0.2, 0.25) is 0 Å². The molecule has 0 bridgehead atoms. The predicted octanol–water partition coefficient (Wildman–Crippen LogP) is 1.94. The third-order valence-electron chi connectivity index (χ3n) is 3.67. The van der Waals surface area contributed by atoms with Crippen LogP contribution in [0.1, 0.15) is 16.8 Å². The van der Waals surface area contributed by atoms with Crippen molar-refractivity contribution >= 4 is 17.5 Å². The third-order valence-corrected chi connectivity index (χ3v) is 3.98. The maximum absolute atomic E-state index is 13.5. The normalized spacial score (nSPS) is 21.4. The Hall–Kier alpha value is -1.21. The van der Waals surface area contributed by atoms with E-state index in [1.54, 1.807) is 0 Å². The molecule has 1 N–H and O–H groups in total. The summed E-state index contributed by atoms with van der Waals surface area (Å²) in [7, 11) is 3.93. The molecule has 1 aliphatic heterocycles. The molecule has 1 aromatic carbocycles. The lowest BCUT2D eigenvalue weighted by atomic mass is 10.1. The molecule has 1 fully saturated rings. The number of rotatable bonds is 6. The molecule has 5 nitrogen and oxygen atoms in total. The average molecular weight is 345 g/mol. The fraction of sp³-hybridized carbons (Fsp3) is 0.562. The Kier molecular flexibility index (Phi) is 6.77. The number of nitrogens with zero attached hydrogens (tertiary/aromatic N) is 1. The van der Waals surface area contributed by atoms with Gasteiger partial charge in [-0.3, -0.25) is 4.79 Å². The van der Waals surface area contributed by atoms with Crippen LogP contribution in [0.3, 0.4) is 0 Å². The van der Waals surface area contributed by atoms with E-state index in [2.05, 4.69) is 5.32 Å². The van der Waals surface area contributed by atoms with E-state index >= 15 is 0 Å². The first-order chi connectivity index (χ1) is 11.0. The Bertz CT molecular complexity index is 542. The van der Waals surface area contributed by atoms with Crippen LogP contribution in [0.2, 0.25) is 5.02 Å². The maximum atomic E-state index is 13.5. The lowest BCUT2D eigenvalue weighted by Crippen LogP contribution is -2.50. The van der Waals surface area contributed by atoms with Gasteiger partial charge in [0.05, 0.1) is 24.3 Å². The van der Waals surface area contributed by atoms with Crippen LogP contribution in [-0.4, -0.2) is 63.4 Å². The van der Waals surface area contributed by atoms with Gasteiger partial charge >= 0.3 is 0 Å². The number of halogens is 2. The quantitative estimate of drug-likeness (QED) is 0.857. The van der Waals surface area contributed by atoms with E-state index in [0.29, 0.717) is 26.2 Å². The number of hydrogen-bond acceptors (Lipinski definition) is 4. The van der Waals surface area contributed by atoms with E-state index in [4.69, 9.17) is 21.1 Å². The van der Waals surface area contributed by atoms with Crippen LogP contribution >= 0.6 is 11.6 Å². The van der Waals surface area contributed by atoms with Crippen LogP contribution in [0.5, 0.6) is 0 Å². The van der Waals surface area contributed by atoms with Gasteiger partial charge in [0.25, 0.3) is 5.91 Å². The van der Waals surface area contributed by atoms with Crippen LogP contribution in [0.25, 0.3) is 0 Å². The van der Waals surface area contributed by atoms with Gasteiger partial charge in [-0.15, -0.1) is 0 Å². The zero-order chi connectivity index (χ0) is 16.8. The van der Waals surface area contributed by atoms with Gasteiger partial charge in [0.15, 0.2) is 0 Å². The molecule has 128 valence electrons. The molecule has 2 atom stereocenters. The van der Waals surface area contributed by atoms with Gasteiger partial charge in [-0.1, -0.05) is 11.6 Å². The van der Waals surface area contributed by atoms with Crippen molar-refractivity contribution in [2.75, 3.05) is 40.5 Å². The summed E-state index contributed by atoms with van der Waals surface area (Å²) < 4.78 is 24.7. The molecular formula is C16H22ClFN2O3. The van der Waals surface area contributed by atoms with E-state index < -0.39 is 5.82 Å². The highest BCUT2D eigenvalue weighted by Gasteiger charge is 2.28. The fourth-order valence-electron chi connectivity index (χ4n) is 2.32. The van der Waals surface area contributed by atoms with Crippen molar-refractivity contribution in [2.24, 2.45) is 0 Å². The molecular weight excluding hydrogens is 323 g/mol. The molecule has 0 radical (unpaired) electrons. The lowest BCUT2D eigenvalue weighted by molar-refractivity contribution is -0.0690. The topological polar surface area (TPSA) is 50.8 Å². The predicted molar refractivity (Wildman–Crippen MR) is 86.4 cm³/mol. The van der Waals surface area contributed by atoms with Gasteiger partial charge in [0, 0.05) is 18.7 Å². The Labute approximate surface area is 140 Å². The molecule has 0 aromatic heterocycles. The first kappa shape index (κ1) is 18.1. The van der Waals surface area contributed by atoms with Crippen molar-refractivity contribution in [3.63, 3.8) is 0 Å². The van der Waals surface area contributed by atoms with Crippen molar-refractivity contribution in [2.45, 2.75) is 18.6 Å². The molecule has 0 spiro atoms. The second-order valence-corrected chi connectivity index (χ2v) is 6.19. The highest BCUT2D eigenvalue weighted by molar-refractivity contribution is 6.30. The highest BCUT2D eigenvalue weighted by atomic mass is 35.5. The number of ether oxygens (including phenoxy) is 2. The zero-order valence-corrected chi connectivity index (χ0v) is 14.1. The van der Waals surface area contributed by atoms with Gasteiger partial charge in [0.1, 0.15) is 11.9 Å². The van der Waals surface area contributed by atoms with Crippen LogP contribution in [0, 0.1) is 5.82 Å². The highest BCUT2D eigenvalue weighted by Crippen LogP contribution is 2.17. The Morgan fingerprint density at radius 3 is 3.00 bits per heavy atom. The van der Waals surface area contributed by atoms with Gasteiger partial charge in [-0.2, -0.15) is 0 Å². The van der Waals surface area contributed by atoms with Gasteiger partial charge < -0.3 is 19.7 Å². The summed E-state index contributed by atoms with van der Waals surface area (Å²) >= 11 is 5.64. The van der Waals surface area contributed by atoms with Crippen LogP contribution in [0.4, 0.5) is 4.39 Å². The summed E-state index contributed by atoms with van der Waals surface area (Å²) in [4.78, 5) is 14.3. The van der Waals surface area contributed by atoms with E-state index in [1.807, 2.05) is 19.0 Å². The first-order valence-electron chi connectivity index (χ1n) is 7.57. The number of hydrogen-bond donors (Lipinski definition) is 1. The summed E-state index contributed by atoms with van der Waals surface area (Å²) in [5.74, 6) is -0.946. The third kappa shape index (κ3) is 5.42. The molecule has 1 saturated heterocycles. The number of carbonyl (C=O) groups is 1. The van der Waals surface area contributed by atoms with E-state index in [-0.39, 0.29) is 28.6 Å². The number of likely N-dealkylation sites (N-methyl/N-ethyl adjacent to an activating group) is 1. The minimum Gasteiger partial charge on any atom is -0.379 e. The summed E-state index contributed by atoms with van der Waals surface area (Å²) in [5, 5.41) is 2.90. The van der Waals surface area contributed by atoms with Crippen molar-refractivity contribution < 1.29 is 18.7 Å². The molecule has 1 heterocycles. The van der Waals surface area contributed by atoms with Crippen molar-refractivity contribution in [3.8, 4) is 0 Å². The molecule has 23 heavy (non-hydrogen) atoms. The second kappa shape index (κ2) is 8.59. The Balaban J connectivity index is 1.94. The molecule has 0 saturated carbocycles. The molecule has 1 aliphatic rings. The van der Waals surface area contributed by atoms with Crippen LogP contribution in [0.15, 0.2) is 18.2 Å². The standard InChI is InChI=1S/C16H22ClFN2O3/c1-20(2)6-8-23-15-10-22-7-5-14(15)19-16(21)11-3-4-12(17)13(18)9-11/h3-4,9,14-15H,5-8,10H2,1-2H3,(H,19,21)/t14-,15-/m1/s1. The smallest absolute Gasteiger partial charge is 0.251 e. The van der Waals surface area contributed by atoms with Crippen molar-refractivity contribution in [3.05, 3.63) is 34.6 Å². The van der Waals surface area contributed by atoms with E-state index in [9.17, 15) is 9.18 Å². The minimum atomic E-state index is -0.606. The largest absolute Gasteiger partial charge is 0.379 e. The van der Waals surface area contributed by atoms with Crippen molar-refractivity contribution in [1.29, 1.82) is 0 Å². The summed E-state index contributed by atoms with van der Waals surface area (Å²) in [6.07, 6.45) is 0.457. The average Bonchev–Trinajstić information content (AvgIpc) is 2.51. The Morgan fingerprint density at radius 1 is 1.52 bits per heavy atom. The van der Waals surface area contributed by atoms with Crippen LogP contribution in [-0.2, 0) is 9.47 Å². The lowest BCUT2D eigenvalue weighted by Gasteiger charge is -2.32. The van der Waals surface area contributed by atoms with Crippen molar-refractivity contribution in [1.82, 2.24) is 10.2 Å². The second-order valence-electron chi connectivity index (χ2n) is 5.78. The molecule has 0 unspecified atom stereocenters. The van der Waals surface area contributed by atoms with Gasteiger partial charge in [-0.25, -0.2) is 4.39 Å². The van der Waals surface area contributed by atoms with E-state index in [1.165, 1.54) is 12.1 Å². The SMILES string of the molecule is CN(C)CCO[C@@H]1COCC[C@H]1NC(=O)c1ccc(Cl)c(F)c1. The number of carbonyl (C=O) groups excluding carboxylic acids is 1. The van der Waals surface area contributed by atoms with Crippen LogP contribution < -0.4 is 5.32 Å². The Morgan fingerprint density at radius 2 is 2.30 bits per heavy atom. The molecule has 2 rings (SSSR count). The minimum absolute atomic E-state index is 0.00230. The first-order valence-corrected chi connectivity index (χ1v) is 7.95. The molecule has 7 heteroatoms. The summed E-state index contributed by atoms with van der Waals surface area (Å²) in [5.41, 5.74) is 0.241. The maximum Gasteiger partial charge on any atom is 0.251 e. The van der Waals surface area contributed by atoms with Gasteiger partial charge in [-0.05, 0) is 38.7 Å². The number of nitrogens with one attached hydrogen (secondary N) is 1. The number of amides is 1.